The van der Waals surface area contributed by atoms with E-state index in [1.54, 1.807) is 6.40 Å². The Morgan fingerprint density at radius 2 is 1.35 bits per heavy atom. The molecule has 0 N–H and O–H groups in total. The van der Waals surface area contributed by atoms with E-state index in [2.05, 4.69) is 29.3 Å². The van der Waals surface area contributed by atoms with Gasteiger partial charge in [0, 0.05) is 0 Å². The highest BCUT2D eigenvalue weighted by molar-refractivity contribution is 5.52. The first-order valence-electron chi connectivity index (χ1n) is 5.72. The largest absolute Gasteiger partial charge is 0.473 e. The minimum Gasteiger partial charge on any atom is -0.473 e. The van der Waals surface area contributed by atoms with Crippen molar-refractivity contribution in [3.8, 4) is 0 Å². The molecule has 1 heterocycles. The third kappa shape index (κ3) is 1.94. The van der Waals surface area contributed by atoms with Crippen LogP contribution >= 0.6 is 0 Å². The Morgan fingerprint density at radius 1 is 0.765 bits per heavy atom. The van der Waals surface area contributed by atoms with Crippen molar-refractivity contribution in [2.45, 2.75) is 12.1 Å². The second-order valence-electron chi connectivity index (χ2n) is 4.08. The summed E-state index contributed by atoms with van der Waals surface area (Å²) in [5.74, 6) is 0. The van der Waals surface area contributed by atoms with Crippen molar-refractivity contribution in [1.82, 2.24) is 0 Å². The van der Waals surface area contributed by atoms with E-state index in [1.165, 1.54) is 11.1 Å². The maximum atomic E-state index is 5.61. The zero-order valence-corrected chi connectivity index (χ0v) is 9.36. The molecule has 2 nitrogen and oxygen atoms in total. The van der Waals surface area contributed by atoms with Crippen LogP contribution in [0.25, 0.3) is 0 Å². The summed E-state index contributed by atoms with van der Waals surface area (Å²) in [7, 11) is 0. The van der Waals surface area contributed by atoms with Crippen LogP contribution in [0.5, 0.6) is 0 Å². The predicted octanol–water partition coefficient (Wildman–Crippen LogP) is 3.53. The molecule has 0 bridgehead atoms. The van der Waals surface area contributed by atoms with Gasteiger partial charge in [0.25, 0.3) is 0 Å². The molecule has 2 aromatic carbocycles. The molecule has 3 rings (SSSR count). The Balaban J connectivity index is 1.93. The molecule has 0 aliphatic carbocycles. The Labute approximate surface area is 101 Å². The maximum Gasteiger partial charge on any atom is 0.171 e. The van der Waals surface area contributed by atoms with Crippen LogP contribution in [0.15, 0.2) is 65.7 Å². The van der Waals surface area contributed by atoms with Crippen molar-refractivity contribution in [1.29, 1.82) is 0 Å². The van der Waals surface area contributed by atoms with Gasteiger partial charge in [-0.25, -0.2) is 4.99 Å². The zero-order valence-electron chi connectivity index (χ0n) is 9.36. The third-order valence-electron chi connectivity index (χ3n) is 2.98. The zero-order chi connectivity index (χ0) is 11.5. The van der Waals surface area contributed by atoms with Gasteiger partial charge in [0.1, 0.15) is 6.04 Å². The average molecular weight is 223 g/mol. The molecule has 2 heteroatoms. The summed E-state index contributed by atoms with van der Waals surface area (Å²) in [6.45, 7) is 0. The van der Waals surface area contributed by atoms with Gasteiger partial charge in [-0.2, -0.15) is 0 Å². The summed E-state index contributed by atoms with van der Waals surface area (Å²) in [6, 6.07) is 20.6. The average Bonchev–Trinajstić information content (AvgIpc) is 2.90. The molecule has 0 radical (unpaired) electrons. The van der Waals surface area contributed by atoms with Crippen LogP contribution in [-0.2, 0) is 4.74 Å². The molecule has 0 spiro atoms. The summed E-state index contributed by atoms with van der Waals surface area (Å²) < 4.78 is 5.61. The first kappa shape index (κ1) is 10.1. The second-order valence-corrected chi connectivity index (χ2v) is 4.08. The Hall–Kier alpha value is -2.09. The lowest BCUT2D eigenvalue weighted by Gasteiger charge is -2.17. The first-order valence-corrected chi connectivity index (χ1v) is 5.72. The molecule has 0 saturated carbocycles. The number of hydrogen-bond acceptors (Lipinski definition) is 2. The normalized spacial score (nSPS) is 22.4. The SMILES string of the molecule is C1=N[C@@H](c2ccccc2)[C@@H](c2ccccc2)O1. The van der Waals surface area contributed by atoms with E-state index in [-0.39, 0.29) is 12.1 Å². The lowest BCUT2D eigenvalue weighted by atomic mass is 9.97. The van der Waals surface area contributed by atoms with Crippen molar-refractivity contribution in [2.24, 2.45) is 4.99 Å². The fourth-order valence-electron chi connectivity index (χ4n) is 2.13. The van der Waals surface area contributed by atoms with Crippen LogP contribution in [0, 0.1) is 0 Å². The van der Waals surface area contributed by atoms with Gasteiger partial charge in [-0.15, -0.1) is 0 Å². The van der Waals surface area contributed by atoms with Gasteiger partial charge in [-0.05, 0) is 11.1 Å². The Morgan fingerprint density at radius 3 is 2.00 bits per heavy atom. The molecule has 0 amide bonds. The third-order valence-corrected chi connectivity index (χ3v) is 2.98. The van der Waals surface area contributed by atoms with Crippen molar-refractivity contribution in [3.05, 3.63) is 71.8 Å². The number of ether oxygens (including phenoxy) is 1. The highest BCUT2D eigenvalue weighted by Crippen LogP contribution is 2.37. The van der Waals surface area contributed by atoms with Gasteiger partial charge in [-0.3, -0.25) is 0 Å². The van der Waals surface area contributed by atoms with E-state index < -0.39 is 0 Å². The van der Waals surface area contributed by atoms with E-state index in [9.17, 15) is 0 Å². The molecular formula is C15H13NO. The van der Waals surface area contributed by atoms with Crippen LogP contribution in [0.1, 0.15) is 23.3 Å². The molecule has 0 fully saturated rings. The summed E-state index contributed by atoms with van der Waals surface area (Å²) >= 11 is 0. The molecule has 0 saturated heterocycles. The molecule has 1 aliphatic rings. The smallest absolute Gasteiger partial charge is 0.171 e. The number of benzene rings is 2. The van der Waals surface area contributed by atoms with Crippen LogP contribution in [0.4, 0.5) is 0 Å². The minimum absolute atomic E-state index is 0.00130. The lowest BCUT2D eigenvalue weighted by molar-refractivity contribution is 0.205. The number of hydrogen-bond donors (Lipinski definition) is 0. The van der Waals surface area contributed by atoms with E-state index >= 15 is 0 Å². The summed E-state index contributed by atoms with van der Waals surface area (Å²) in [6.07, 6.45) is 1.56. The molecule has 0 aromatic heterocycles. The number of rotatable bonds is 2. The number of aliphatic imine (C=N–C) groups is 1. The summed E-state index contributed by atoms with van der Waals surface area (Å²) in [4.78, 5) is 4.42. The van der Waals surface area contributed by atoms with Gasteiger partial charge < -0.3 is 4.74 Å². The molecule has 84 valence electrons. The molecule has 2 aromatic rings. The van der Waals surface area contributed by atoms with Gasteiger partial charge in [0.05, 0.1) is 0 Å². The Bertz CT molecular complexity index is 507. The number of nitrogens with zero attached hydrogens (tertiary/aromatic N) is 1. The lowest BCUT2D eigenvalue weighted by Crippen LogP contribution is -2.06. The van der Waals surface area contributed by atoms with Gasteiger partial charge in [-0.1, -0.05) is 60.7 Å². The van der Waals surface area contributed by atoms with E-state index in [0.717, 1.165) is 0 Å². The molecule has 17 heavy (non-hydrogen) atoms. The van der Waals surface area contributed by atoms with Crippen molar-refractivity contribution < 1.29 is 4.74 Å². The van der Waals surface area contributed by atoms with Gasteiger partial charge >= 0.3 is 0 Å². The second kappa shape index (κ2) is 4.42. The maximum absolute atomic E-state index is 5.61. The fraction of sp³-hybridized carbons (Fsp3) is 0.133. The molecule has 2 atom stereocenters. The molecule has 1 aliphatic heterocycles. The summed E-state index contributed by atoms with van der Waals surface area (Å²) in [5.41, 5.74) is 2.36. The van der Waals surface area contributed by atoms with E-state index in [0.29, 0.717) is 0 Å². The topological polar surface area (TPSA) is 21.6 Å². The molecule has 0 unspecified atom stereocenters. The van der Waals surface area contributed by atoms with Crippen LogP contribution in [0.3, 0.4) is 0 Å². The van der Waals surface area contributed by atoms with Gasteiger partial charge in [0.15, 0.2) is 12.5 Å². The van der Waals surface area contributed by atoms with Crippen LogP contribution in [0.2, 0.25) is 0 Å². The first-order chi connectivity index (χ1) is 8.45. The van der Waals surface area contributed by atoms with Gasteiger partial charge in [0.2, 0.25) is 0 Å². The Kier molecular flexibility index (Phi) is 2.62. The van der Waals surface area contributed by atoms with Crippen molar-refractivity contribution in [2.75, 3.05) is 0 Å². The van der Waals surface area contributed by atoms with Crippen LogP contribution < -0.4 is 0 Å². The minimum atomic E-state index is -0.00130. The van der Waals surface area contributed by atoms with E-state index in [1.807, 2.05) is 36.4 Å². The monoisotopic (exact) mass is 223 g/mol. The van der Waals surface area contributed by atoms with Crippen LogP contribution in [-0.4, -0.2) is 6.40 Å². The quantitative estimate of drug-likeness (QED) is 0.763. The van der Waals surface area contributed by atoms with Crippen molar-refractivity contribution in [3.63, 3.8) is 0 Å². The predicted molar refractivity (Wildman–Crippen MR) is 67.9 cm³/mol. The van der Waals surface area contributed by atoms with E-state index in [4.69, 9.17) is 4.74 Å². The standard InChI is InChI=1S/C15H13NO/c1-3-7-12(8-4-1)14-15(17-11-16-14)13-9-5-2-6-10-13/h1-11,14-15H/t14-,15+/m0/s1. The fourth-order valence-corrected chi connectivity index (χ4v) is 2.13. The highest BCUT2D eigenvalue weighted by atomic mass is 16.5. The van der Waals surface area contributed by atoms with Crippen molar-refractivity contribution >= 4 is 6.40 Å². The molecular weight excluding hydrogens is 210 g/mol. The summed E-state index contributed by atoms with van der Waals surface area (Å²) in [5, 5.41) is 0. The highest BCUT2D eigenvalue weighted by Gasteiger charge is 2.28.